The molecule has 0 aliphatic heterocycles. The van der Waals surface area contributed by atoms with Crippen molar-refractivity contribution in [3.8, 4) is 0 Å². The lowest BCUT2D eigenvalue weighted by Gasteiger charge is -2.28. The van der Waals surface area contributed by atoms with Gasteiger partial charge in [-0.05, 0) is 40.8 Å². The highest BCUT2D eigenvalue weighted by Crippen LogP contribution is 2.29. The molecular weight excluding hydrogens is 284 g/mol. The third-order valence-corrected chi connectivity index (χ3v) is 5.07. The first-order chi connectivity index (χ1) is 7.78. The second-order valence-electron chi connectivity index (χ2n) is 4.61. The molecule has 0 spiro atoms. The van der Waals surface area contributed by atoms with Crippen LogP contribution in [0, 0.1) is 5.92 Å². The van der Waals surface area contributed by atoms with Crippen LogP contribution in [0.4, 0.5) is 0 Å². The summed E-state index contributed by atoms with van der Waals surface area (Å²) >= 11 is 5.25. The standard InChI is InChI=1S/C13H19BrOS/c1-2-10-4-3-5-12(6-10)15-8-13-7-11(14)9-16-13/h7,9-10,12H,2-6,8H2,1H3. The number of halogens is 1. The van der Waals surface area contributed by atoms with Gasteiger partial charge >= 0.3 is 0 Å². The van der Waals surface area contributed by atoms with E-state index in [2.05, 4.69) is 34.3 Å². The average molecular weight is 303 g/mol. The van der Waals surface area contributed by atoms with E-state index >= 15 is 0 Å². The van der Waals surface area contributed by atoms with Crippen molar-refractivity contribution in [3.05, 3.63) is 20.8 Å². The van der Waals surface area contributed by atoms with E-state index in [-0.39, 0.29) is 0 Å². The van der Waals surface area contributed by atoms with Crippen LogP contribution in [-0.2, 0) is 11.3 Å². The molecular formula is C13H19BrOS. The van der Waals surface area contributed by atoms with E-state index in [9.17, 15) is 0 Å². The monoisotopic (exact) mass is 302 g/mol. The fourth-order valence-corrected chi connectivity index (χ4v) is 3.76. The Morgan fingerprint density at radius 1 is 1.50 bits per heavy atom. The van der Waals surface area contributed by atoms with Gasteiger partial charge in [-0.2, -0.15) is 0 Å². The van der Waals surface area contributed by atoms with Crippen molar-refractivity contribution in [3.63, 3.8) is 0 Å². The van der Waals surface area contributed by atoms with E-state index in [0.717, 1.165) is 12.5 Å². The normalized spacial score (nSPS) is 25.9. The molecule has 1 aromatic rings. The van der Waals surface area contributed by atoms with E-state index in [1.54, 1.807) is 11.3 Å². The number of hydrogen-bond donors (Lipinski definition) is 0. The molecule has 1 saturated carbocycles. The molecule has 1 aliphatic carbocycles. The van der Waals surface area contributed by atoms with E-state index < -0.39 is 0 Å². The zero-order valence-corrected chi connectivity index (χ0v) is 12.1. The van der Waals surface area contributed by atoms with E-state index in [0.29, 0.717) is 6.10 Å². The highest BCUT2D eigenvalue weighted by atomic mass is 79.9. The number of rotatable bonds is 4. The molecule has 1 heterocycles. The van der Waals surface area contributed by atoms with Crippen LogP contribution in [0.15, 0.2) is 15.9 Å². The van der Waals surface area contributed by atoms with Crippen molar-refractivity contribution in [2.45, 2.75) is 51.7 Å². The van der Waals surface area contributed by atoms with Crippen molar-refractivity contribution < 1.29 is 4.74 Å². The van der Waals surface area contributed by atoms with E-state index in [1.165, 1.54) is 41.5 Å². The van der Waals surface area contributed by atoms with Crippen LogP contribution in [0.5, 0.6) is 0 Å². The first-order valence-electron chi connectivity index (χ1n) is 6.12. The summed E-state index contributed by atoms with van der Waals surface area (Å²) < 4.78 is 7.18. The highest BCUT2D eigenvalue weighted by Gasteiger charge is 2.21. The summed E-state index contributed by atoms with van der Waals surface area (Å²) in [5, 5.41) is 2.12. The predicted octanol–water partition coefficient (Wildman–Crippen LogP) is 5.00. The first kappa shape index (κ1) is 12.6. The van der Waals surface area contributed by atoms with Crippen molar-refractivity contribution in [1.29, 1.82) is 0 Å². The fraction of sp³-hybridized carbons (Fsp3) is 0.692. The molecule has 2 atom stereocenters. The number of thiophene rings is 1. The van der Waals surface area contributed by atoms with Gasteiger partial charge in [0.2, 0.25) is 0 Å². The Balaban J connectivity index is 1.77. The molecule has 3 heteroatoms. The molecule has 2 rings (SSSR count). The quantitative estimate of drug-likeness (QED) is 0.761. The second-order valence-corrected chi connectivity index (χ2v) is 6.52. The van der Waals surface area contributed by atoms with Crippen LogP contribution in [0.2, 0.25) is 0 Å². The summed E-state index contributed by atoms with van der Waals surface area (Å²) in [6.45, 7) is 3.08. The Bertz CT molecular complexity index is 323. The van der Waals surface area contributed by atoms with Crippen LogP contribution >= 0.6 is 27.3 Å². The summed E-state index contributed by atoms with van der Waals surface area (Å²) in [6, 6.07) is 2.16. The number of hydrogen-bond acceptors (Lipinski definition) is 2. The summed E-state index contributed by atoms with van der Waals surface area (Å²) in [7, 11) is 0. The molecule has 1 aromatic heterocycles. The topological polar surface area (TPSA) is 9.23 Å². The molecule has 1 fully saturated rings. The maximum absolute atomic E-state index is 6.00. The van der Waals surface area contributed by atoms with Crippen LogP contribution in [0.25, 0.3) is 0 Å². The lowest BCUT2D eigenvalue weighted by Crippen LogP contribution is -2.22. The minimum Gasteiger partial charge on any atom is -0.373 e. The van der Waals surface area contributed by atoms with Gasteiger partial charge < -0.3 is 4.74 Å². The predicted molar refractivity (Wildman–Crippen MR) is 72.8 cm³/mol. The SMILES string of the molecule is CCC1CCCC(OCc2cc(Br)cs2)C1. The lowest BCUT2D eigenvalue weighted by molar-refractivity contribution is 0.00297. The van der Waals surface area contributed by atoms with Gasteiger partial charge in [0.05, 0.1) is 12.7 Å². The average Bonchev–Trinajstić information content (AvgIpc) is 2.73. The first-order valence-corrected chi connectivity index (χ1v) is 7.79. The lowest BCUT2D eigenvalue weighted by atomic mass is 9.85. The number of ether oxygens (including phenoxy) is 1. The Labute approximate surface area is 110 Å². The van der Waals surface area contributed by atoms with Gasteiger partial charge in [-0.1, -0.05) is 26.2 Å². The van der Waals surface area contributed by atoms with Crippen LogP contribution in [0.1, 0.15) is 43.9 Å². The summed E-state index contributed by atoms with van der Waals surface area (Å²) in [5.74, 6) is 0.897. The molecule has 16 heavy (non-hydrogen) atoms. The van der Waals surface area contributed by atoms with Crippen LogP contribution in [0.3, 0.4) is 0 Å². The summed E-state index contributed by atoms with van der Waals surface area (Å²) in [6.07, 6.45) is 7.08. The van der Waals surface area contributed by atoms with E-state index in [1.807, 2.05) is 0 Å². The Morgan fingerprint density at radius 2 is 2.38 bits per heavy atom. The van der Waals surface area contributed by atoms with Crippen LogP contribution < -0.4 is 0 Å². The van der Waals surface area contributed by atoms with Gasteiger partial charge in [-0.15, -0.1) is 11.3 Å². The molecule has 90 valence electrons. The maximum atomic E-state index is 6.00. The minimum absolute atomic E-state index is 0.500. The van der Waals surface area contributed by atoms with Gasteiger partial charge in [-0.3, -0.25) is 0 Å². The summed E-state index contributed by atoms with van der Waals surface area (Å²) in [4.78, 5) is 1.32. The van der Waals surface area contributed by atoms with Gasteiger partial charge in [0.1, 0.15) is 0 Å². The molecule has 0 radical (unpaired) electrons. The highest BCUT2D eigenvalue weighted by molar-refractivity contribution is 9.10. The molecule has 1 aliphatic rings. The van der Waals surface area contributed by atoms with E-state index in [4.69, 9.17) is 4.74 Å². The largest absolute Gasteiger partial charge is 0.373 e. The summed E-state index contributed by atoms with van der Waals surface area (Å²) in [5.41, 5.74) is 0. The molecule has 2 unspecified atom stereocenters. The molecule has 0 aromatic carbocycles. The molecule has 1 nitrogen and oxygen atoms in total. The smallest absolute Gasteiger partial charge is 0.0813 e. The Hall–Kier alpha value is 0.140. The van der Waals surface area contributed by atoms with Gasteiger partial charge in [-0.25, -0.2) is 0 Å². The van der Waals surface area contributed by atoms with Gasteiger partial charge in [0.25, 0.3) is 0 Å². The zero-order chi connectivity index (χ0) is 11.4. The van der Waals surface area contributed by atoms with Crippen molar-refractivity contribution >= 4 is 27.3 Å². The van der Waals surface area contributed by atoms with Gasteiger partial charge in [0.15, 0.2) is 0 Å². The molecule has 0 amide bonds. The third kappa shape index (κ3) is 3.57. The molecule has 0 N–H and O–H groups in total. The van der Waals surface area contributed by atoms with Crippen molar-refractivity contribution in [1.82, 2.24) is 0 Å². The van der Waals surface area contributed by atoms with Crippen molar-refractivity contribution in [2.24, 2.45) is 5.92 Å². The molecule has 0 bridgehead atoms. The van der Waals surface area contributed by atoms with Crippen LogP contribution in [-0.4, -0.2) is 6.10 Å². The zero-order valence-electron chi connectivity index (χ0n) is 9.75. The fourth-order valence-electron chi connectivity index (χ4n) is 2.39. The van der Waals surface area contributed by atoms with Crippen molar-refractivity contribution in [2.75, 3.05) is 0 Å². The minimum atomic E-state index is 0.500. The van der Waals surface area contributed by atoms with Gasteiger partial charge in [0, 0.05) is 14.7 Å². The second kappa shape index (κ2) is 6.18. The Kier molecular flexibility index (Phi) is 4.86. The molecule has 0 saturated heterocycles. The maximum Gasteiger partial charge on any atom is 0.0813 e. The third-order valence-electron chi connectivity index (χ3n) is 3.40. The Morgan fingerprint density at radius 3 is 3.06 bits per heavy atom.